The summed E-state index contributed by atoms with van der Waals surface area (Å²) in [5.41, 5.74) is 2.86. The molecule has 0 aliphatic heterocycles. The van der Waals surface area contributed by atoms with Crippen molar-refractivity contribution in [2.24, 2.45) is 5.92 Å². The van der Waals surface area contributed by atoms with E-state index in [4.69, 9.17) is 4.74 Å². The fourth-order valence-electron chi connectivity index (χ4n) is 3.23. The molecule has 0 bridgehead atoms. The molecule has 20 heavy (non-hydrogen) atoms. The van der Waals surface area contributed by atoms with Gasteiger partial charge in [-0.2, -0.15) is 0 Å². The van der Waals surface area contributed by atoms with Crippen LogP contribution in [0.2, 0.25) is 0 Å². The molecular formula is C17H26O3. The van der Waals surface area contributed by atoms with E-state index in [9.17, 15) is 10.2 Å². The molecular weight excluding hydrogens is 252 g/mol. The predicted octanol–water partition coefficient (Wildman–Crippen LogP) is 3.29. The van der Waals surface area contributed by atoms with Gasteiger partial charge in [0.2, 0.25) is 0 Å². The van der Waals surface area contributed by atoms with Crippen LogP contribution in [0.3, 0.4) is 0 Å². The van der Waals surface area contributed by atoms with Gasteiger partial charge in [-0.3, -0.25) is 0 Å². The maximum atomic E-state index is 10.5. The lowest BCUT2D eigenvalue weighted by Gasteiger charge is -2.30. The second kappa shape index (κ2) is 6.59. The summed E-state index contributed by atoms with van der Waals surface area (Å²) < 4.78 is 5.44. The number of hydrogen-bond acceptors (Lipinski definition) is 3. The van der Waals surface area contributed by atoms with Gasteiger partial charge < -0.3 is 14.9 Å². The van der Waals surface area contributed by atoms with Crippen LogP contribution < -0.4 is 4.74 Å². The number of aliphatic hydroxyl groups is 2. The molecule has 112 valence electrons. The molecule has 0 radical (unpaired) electrons. The number of benzene rings is 1. The van der Waals surface area contributed by atoms with Gasteiger partial charge in [0.25, 0.3) is 0 Å². The van der Waals surface area contributed by atoms with Crippen LogP contribution in [0.15, 0.2) is 12.1 Å². The zero-order valence-corrected chi connectivity index (χ0v) is 12.7. The summed E-state index contributed by atoms with van der Waals surface area (Å²) in [5, 5.41) is 21.0. The Morgan fingerprint density at radius 3 is 2.35 bits per heavy atom. The molecule has 0 amide bonds. The Morgan fingerprint density at radius 1 is 1.10 bits per heavy atom. The SMILES string of the molecule is COc1c(C(O)C(O)C2CCCCC2)ccc(C)c1C. The highest BCUT2D eigenvalue weighted by Crippen LogP contribution is 2.37. The molecule has 1 aliphatic carbocycles. The van der Waals surface area contributed by atoms with Gasteiger partial charge in [0.05, 0.1) is 13.2 Å². The Kier molecular flexibility index (Phi) is 5.06. The molecule has 1 saturated carbocycles. The molecule has 0 spiro atoms. The van der Waals surface area contributed by atoms with Crippen LogP contribution in [0.4, 0.5) is 0 Å². The zero-order valence-electron chi connectivity index (χ0n) is 12.7. The summed E-state index contributed by atoms with van der Waals surface area (Å²) in [6.07, 6.45) is 3.98. The summed E-state index contributed by atoms with van der Waals surface area (Å²) in [6, 6.07) is 3.85. The van der Waals surface area contributed by atoms with Gasteiger partial charge in [0.15, 0.2) is 0 Å². The fraction of sp³-hybridized carbons (Fsp3) is 0.647. The van der Waals surface area contributed by atoms with Gasteiger partial charge in [0, 0.05) is 5.56 Å². The Labute approximate surface area is 121 Å². The van der Waals surface area contributed by atoms with Crippen molar-refractivity contribution in [1.82, 2.24) is 0 Å². The lowest BCUT2D eigenvalue weighted by atomic mass is 9.81. The normalized spacial score (nSPS) is 19.6. The number of ether oxygens (including phenoxy) is 1. The van der Waals surface area contributed by atoms with E-state index in [1.807, 2.05) is 26.0 Å². The standard InChI is InChI=1S/C17H26O3/c1-11-9-10-14(17(20-3)12(11)2)16(19)15(18)13-7-5-4-6-8-13/h9-10,13,15-16,18-19H,4-8H2,1-3H3. The lowest BCUT2D eigenvalue weighted by Crippen LogP contribution is -2.29. The molecule has 2 atom stereocenters. The van der Waals surface area contributed by atoms with Crippen LogP contribution in [-0.2, 0) is 0 Å². The number of methoxy groups -OCH3 is 1. The van der Waals surface area contributed by atoms with Gasteiger partial charge in [0.1, 0.15) is 11.9 Å². The highest BCUT2D eigenvalue weighted by Gasteiger charge is 2.30. The first-order chi connectivity index (χ1) is 9.56. The Bertz CT molecular complexity index is 450. The molecule has 0 heterocycles. The lowest BCUT2D eigenvalue weighted by molar-refractivity contribution is -0.0295. The summed E-state index contributed by atoms with van der Waals surface area (Å²) in [6.45, 7) is 4.00. The van der Waals surface area contributed by atoms with Crippen molar-refractivity contribution >= 4 is 0 Å². The minimum Gasteiger partial charge on any atom is -0.496 e. The molecule has 3 heteroatoms. The van der Waals surface area contributed by atoms with Crippen molar-refractivity contribution in [2.75, 3.05) is 7.11 Å². The van der Waals surface area contributed by atoms with Crippen LogP contribution in [-0.4, -0.2) is 23.4 Å². The maximum Gasteiger partial charge on any atom is 0.127 e. The van der Waals surface area contributed by atoms with Crippen LogP contribution in [0.1, 0.15) is 54.9 Å². The van der Waals surface area contributed by atoms with Gasteiger partial charge in [-0.15, -0.1) is 0 Å². The van der Waals surface area contributed by atoms with E-state index in [0.29, 0.717) is 11.3 Å². The van der Waals surface area contributed by atoms with E-state index in [0.717, 1.165) is 36.8 Å². The van der Waals surface area contributed by atoms with E-state index in [-0.39, 0.29) is 5.92 Å². The summed E-state index contributed by atoms with van der Waals surface area (Å²) in [7, 11) is 1.62. The number of aryl methyl sites for hydroxylation is 1. The molecule has 0 aromatic heterocycles. The van der Waals surface area contributed by atoms with Crippen LogP contribution in [0.25, 0.3) is 0 Å². The fourth-order valence-corrected chi connectivity index (χ4v) is 3.23. The number of aliphatic hydroxyl groups excluding tert-OH is 2. The van der Waals surface area contributed by atoms with Gasteiger partial charge >= 0.3 is 0 Å². The van der Waals surface area contributed by atoms with Crippen molar-refractivity contribution in [2.45, 2.75) is 58.2 Å². The summed E-state index contributed by atoms with van der Waals surface area (Å²) in [5.74, 6) is 0.900. The molecule has 1 aromatic carbocycles. The first kappa shape index (κ1) is 15.3. The van der Waals surface area contributed by atoms with E-state index >= 15 is 0 Å². The molecule has 1 aromatic rings. The minimum atomic E-state index is -0.868. The molecule has 3 nitrogen and oxygen atoms in total. The quantitative estimate of drug-likeness (QED) is 0.888. The van der Waals surface area contributed by atoms with Gasteiger partial charge in [-0.25, -0.2) is 0 Å². The second-order valence-corrected chi connectivity index (χ2v) is 5.96. The van der Waals surface area contributed by atoms with Crippen molar-refractivity contribution < 1.29 is 14.9 Å². The maximum absolute atomic E-state index is 10.5. The molecule has 0 saturated heterocycles. The van der Waals surface area contributed by atoms with Crippen LogP contribution in [0.5, 0.6) is 5.75 Å². The average Bonchev–Trinajstić information content (AvgIpc) is 2.49. The Hall–Kier alpha value is -1.06. The van der Waals surface area contributed by atoms with Crippen molar-refractivity contribution in [1.29, 1.82) is 0 Å². The zero-order chi connectivity index (χ0) is 14.7. The van der Waals surface area contributed by atoms with Crippen molar-refractivity contribution in [3.63, 3.8) is 0 Å². The molecule has 2 N–H and O–H groups in total. The molecule has 1 aliphatic rings. The van der Waals surface area contributed by atoms with Crippen molar-refractivity contribution in [3.05, 3.63) is 28.8 Å². The van der Waals surface area contributed by atoms with E-state index in [1.165, 1.54) is 6.42 Å². The molecule has 2 unspecified atom stereocenters. The monoisotopic (exact) mass is 278 g/mol. The average molecular weight is 278 g/mol. The predicted molar refractivity (Wildman–Crippen MR) is 80.0 cm³/mol. The number of hydrogen-bond donors (Lipinski definition) is 2. The minimum absolute atomic E-state index is 0.199. The summed E-state index contributed by atoms with van der Waals surface area (Å²) >= 11 is 0. The summed E-state index contributed by atoms with van der Waals surface area (Å²) in [4.78, 5) is 0. The van der Waals surface area contributed by atoms with Crippen LogP contribution in [0, 0.1) is 19.8 Å². The van der Waals surface area contributed by atoms with E-state index < -0.39 is 12.2 Å². The van der Waals surface area contributed by atoms with Crippen molar-refractivity contribution in [3.8, 4) is 5.75 Å². The topological polar surface area (TPSA) is 49.7 Å². The van der Waals surface area contributed by atoms with E-state index in [2.05, 4.69) is 0 Å². The van der Waals surface area contributed by atoms with E-state index in [1.54, 1.807) is 7.11 Å². The highest BCUT2D eigenvalue weighted by molar-refractivity contribution is 5.46. The third-order valence-electron chi connectivity index (χ3n) is 4.69. The number of rotatable bonds is 4. The second-order valence-electron chi connectivity index (χ2n) is 5.96. The molecule has 2 rings (SSSR count). The largest absolute Gasteiger partial charge is 0.496 e. The third kappa shape index (κ3) is 2.99. The van der Waals surface area contributed by atoms with Gasteiger partial charge in [-0.1, -0.05) is 31.4 Å². The van der Waals surface area contributed by atoms with Crippen LogP contribution >= 0.6 is 0 Å². The van der Waals surface area contributed by atoms with Gasteiger partial charge in [-0.05, 0) is 43.7 Å². The first-order valence-electron chi connectivity index (χ1n) is 7.56. The Morgan fingerprint density at radius 2 is 1.75 bits per heavy atom. The molecule has 1 fully saturated rings. The highest BCUT2D eigenvalue weighted by atomic mass is 16.5. The smallest absolute Gasteiger partial charge is 0.127 e. The third-order valence-corrected chi connectivity index (χ3v) is 4.69. The first-order valence-corrected chi connectivity index (χ1v) is 7.56. The Balaban J connectivity index is 2.23.